The molecule has 1 unspecified atom stereocenters. The quantitative estimate of drug-likeness (QED) is 0.816. The summed E-state index contributed by atoms with van der Waals surface area (Å²) in [6, 6.07) is 10.4. The molecule has 0 aliphatic heterocycles. The van der Waals surface area contributed by atoms with Crippen LogP contribution in [0, 0.1) is 12.8 Å². The van der Waals surface area contributed by atoms with Gasteiger partial charge in [0.05, 0.1) is 5.52 Å². The van der Waals surface area contributed by atoms with Gasteiger partial charge in [0.1, 0.15) is 5.82 Å². The average molecular weight is 263 g/mol. The van der Waals surface area contributed by atoms with E-state index in [1.807, 2.05) is 18.2 Å². The summed E-state index contributed by atoms with van der Waals surface area (Å²) in [6.07, 6.45) is 1.03. The summed E-state index contributed by atoms with van der Waals surface area (Å²) in [4.78, 5) is 4.66. The Morgan fingerprint density at radius 3 is 2.89 bits per heavy atom. The maximum Gasteiger partial charge on any atom is 0.129 e. The summed E-state index contributed by atoms with van der Waals surface area (Å²) in [5.74, 6) is 2.26. The number of rotatable bonds is 5. The SMILES string of the molecule is Cc1cc2ccccc2nc1NCC(C)CCCl. The van der Waals surface area contributed by atoms with Crippen molar-refractivity contribution < 1.29 is 0 Å². The molecular weight excluding hydrogens is 244 g/mol. The van der Waals surface area contributed by atoms with Gasteiger partial charge in [0, 0.05) is 17.8 Å². The third-order valence-corrected chi connectivity index (χ3v) is 3.35. The summed E-state index contributed by atoms with van der Waals surface area (Å²) >= 11 is 5.74. The lowest BCUT2D eigenvalue weighted by Crippen LogP contribution is -2.13. The van der Waals surface area contributed by atoms with Crippen LogP contribution < -0.4 is 5.32 Å². The molecular formula is C15H19ClN2. The first-order valence-corrected chi connectivity index (χ1v) is 6.90. The number of hydrogen-bond donors (Lipinski definition) is 1. The van der Waals surface area contributed by atoms with E-state index in [2.05, 4.69) is 36.3 Å². The molecule has 1 atom stereocenters. The second-order valence-corrected chi connectivity index (χ2v) is 5.19. The Bertz CT molecular complexity index is 525. The van der Waals surface area contributed by atoms with Crippen molar-refractivity contribution in [2.75, 3.05) is 17.7 Å². The molecule has 0 saturated heterocycles. The van der Waals surface area contributed by atoms with E-state index in [1.54, 1.807) is 0 Å². The van der Waals surface area contributed by atoms with Crippen LogP contribution in [0.1, 0.15) is 18.9 Å². The van der Waals surface area contributed by atoms with Crippen molar-refractivity contribution >= 4 is 28.3 Å². The minimum Gasteiger partial charge on any atom is -0.370 e. The molecule has 0 fully saturated rings. The molecule has 2 nitrogen and oxygen atoms in total. The lowest BCUT2D eigenvalue weighted by atomic mass is 10.1. The van der Waals surface area contributed by atoms with E-state index in [0.29, 0.717) is 11.8 Å². The van der Waals surface area contributed by atoms with Crippen LogP contribution in [0.4, 0.5) is 5.82 Å². The Labute approximate surface area is 113 Å². The van der Waals surface area contributed by atoms with Gasteiger partial charge in [-0.2, -0.15) is 0 Å². The number of alkyl halides is 1. The van der Waals surface area contributed by atoms with E-state index < -0.39 is 0 Å². The fourth-order valence-electron chi connectivity index (χ4n) is 1.96. The van der Waals surface area contributed by atoms with Crippen LogP contribution >= 0.6 is 11.6 Å². The molecule has 0 aliphatic carbocycles. The van der Waals surface area contributed by atoms with E-state index >= 15 is 0 Å². The normalized spacial score (nSPS) is 12.6. The van der Waals surface area contributed by atoms with E-state index in [9.17, 15) is 0 Å². The Morgan fingerprint density at radius 1 is 1.33 bits per heavy atom. The monoisotopic (exact) mass is 262 g/mol. The number of nitrogens with zero attached hydrogens (tertiary/aromatic N) is 1. The molecule has 1 N–H and O–H groups in total. The van der Waals surface area contributed by atoms with Crippen LogP contribution in [0.3, 0.4) is 0 Å². The Morgan fingerprint density at radius 2 is 2.11 bits per heavy atom. The van der Waals surface area contributed by atoms with E-state index in [-0.39, 0.29) is 0 Å². The highest BCUT2D eigenvalue weighted by Gasteiger charge is 2.05. The van der Waals surface area contributed by atoms with Gasteiger partial charge in [-0.25, -0.2) is 4.98 Å². The minimum absolute atomic E-state index is 0.565. The molecule has 3 heteroatoms. The summed E-state index contributed by atoms with van der Waals surface area (Å²) in [6.45, 7) is 5.21. The first-order chi connectivity index (χ1) is 8.70. The van der Waals surface area contributed by atoms with Crippen LogP contribution in [0.5, 0.6) is 0 Å². The zero-order valence-electron chi connectivity index (χ0n) is 10.9. The highest BCUT2D eigenvalue weighted by molar-refractivity contribution is 6.17. The predicted molar refractivity (Wildman–Crippen MR) is 79.5 cm³/mol. The summed E-state index contributed by atoms with van der Waals surface area (Å²) < 4.78 is 0. The predicted octanol–water partition coefficient (Wildman–Crippen LogP) is 4.22. The summed E-state index contributed by atoms with van der Waals surface area (Å²) in [7, 11) is 0. The van der Waals surface area contributed by atoms with Gasteiger partial charge in [0.2, 0.25) is 0 Å². The van der Waals surface area contributed by atoms with Crippen molar-refractivity contribution in [2.45, 2.75) is 20.3 Å². The fourth-order valence-corrected chi connectivity index (χ4v) is 2.33. The van der Waals surface area contributed by atoms with E-state index in [1.165, 1.54) is 10.9 Å². The number of aryl methyl sites for hydroxylation is 1. The second-order valence-electron chi connectivity index (χ2n) is 4.81. The number of hydrogen-bond acceptors (Lipinski definition) is 2. The van der Waals surface area contributed by atoms with Crippen molar-refractivity contribution in [3.8, 4) is 0 Å². The number of halogens is 1. The molecule has 0 aliphatic rings. The third kappa shape index (κ3) is 3.14. The molecule has 0 radical (unpaired) electrons. The number of benzene rings is 1. The van der Waals surface area contributed by atoms with Gasteiger partial charge in [-0.3, -0.25) is 0 Å². The van der Waals surface area contributed by atoms with Crippen LogP contribution in [0.2, 0.25) is 0 Å². The molecule has 0 bridgehead atoms. The molecule has 0 saturated carbocycles. The van der Waals surface area contributed by atoms with Crippen molar-refractivity contribution in [3.63, 3.8) is 0 Å². The topological polar surface area (TPSA) is 24.9 Å². The fraction of sp³-hybridized carbons (Fsp3) is 0.400. The maximum absolute atomic E-state index is 5.74. The average Bonchev–Trinajstić information content (AvgIpc) is 2.36. The molecule has 1 heterocycles. The first kappa shape index (κ1) is 13.2. The van der Waals surface area contributed by atoms with E-state index in [0.717, 1.165) is 24.3 Å². The molecule has 2 aromatic rings. The van der Waals surface area contributed by atoms with Crippen LogP contribution in [0.25, 0.3) is 10.9 Å². The molecule has 2 rings (SSSR count). The van der Waals surface area contributed by atoms with Crippen molar-refractivity contribution in [1.29, 1.82) is 0 Å². The van der Waals surface area contributed by atoms with Gasteiger partial charge in [0.15, 0.2) is 0 Å². The minimum atomic E-state index is 0.565. The zero-order chi connectivity index (χ0) is 13.0. The zero-order valence-corrected chi connectivity index (χ0v) is 11.7. The molecule has 0 spiro atoms. The van der Waals surface area contributed by atoms with E-state index in [4.69, 9.17) is 11.6 Å². The van der Waals surface area contributed by atoms with Gasteiger partial charge in [-0.05, 0) is 37.0 Å². The third-order valence-electron chi connectivity index (χ3n) is 3.13. The molecule has 1 aromatic carbocycles. The molecule has 18 heavy (non-hydrogen) atoms. The molecule has 1 aromatic heterocycles. The summed E-state index contributed by atoms with van der Waals surface area (Å²) in [5.41, 5.74) is 2.22. The van der Waals surface area contributed by atoms with Gasteiger partial charge in [0.25, 0.3) is 0 Å². The van der Waals surface area contributed by atoms with Gasteiger partial charge in [-0.1, -0.05) is 25.1 Å². The number of fused-ring (bicyclic) bond motifs is 1. The first-order valence-electron chi connectivity index (χ1n) is 6.37. The van der Waals surface area contributed by atoms with Gasteiger partial charge >= 0.3 is 0 Å². The highest BCUT2D eigenvalue weighted by Crippen LogP contribution is 2.20. The van der Waals surface area contributed by atoms with Crippen LogP contribution in [-0.2, 0) is 0 Å². The Balaban J connectivity index is 2.15. The van der Waals surface area contributed by atoms with Gasteiger partial charge in [-0.15, -0.1) is 11.6 Å². The number of anilines is 1. The van der Waals surface area contributed by atoms with Crippen LogP contribution in [-0.4, -0.2) is 17.4 Å². The Hall–Kier alpha value is -1.28. The molecule has 0 amide bonds. The summed E-state index contributed by atoms with van der Waals surface area (Å²) in [5, 5.41) is 4.61. The standard InChI is InChI=1S/C15H19ClN2/c1-11(7-8-16)10-17-15-12(2)9-13-5-3-4-6-14(13)18-15/h3-6,9,11H,7-8,10H2,1-2H3,(H,17,18). The number of para-hydroxylation sites is 1. The lowest BCUT2D eigenvalue weighted by molar-refractivity contribution is 0.596. The maximum atomic E-state index is 5.74. The number of aromatic nitrogens is 1. The van der Waals surface area contributed by atoms with Crippen molar-refractivity contribution in [1.82, 2.24) is 4.98 Å². The molecule has 96 valence electrons. The van der Waals surface area contributed by atoms with Crippen LogP contribution in [0.15, 0.2) is 30.3 Å². The highest BCUT2D eigenvalue weighted by atomic mass is 35.5. The smallest absolute Gasteiger partial charge is 0.129 e. The second kappa shape index (κ2) is 6.05. The van der Waals surface area contributed by atoms with Crippen molar-refractivity contribution in [3.05, 3.63) is 35.9 Å². The number of nitrogens with one attached hydrogen (secondary N) is 1. The number of pyridine rings is 1. The lowest BCUT2D eigenvalue weighted by Gasteiger charge is -2.14. The van der Waals surface area contributed by atoms with Crippen molar-refractivity contribution in [2.24, 2.45) is 5.92 Å². The Kier molecular flexibility index (Phi) is 4.43. The largest absolute Gasteiger partial charge is 0.370 e. The van der Waals surface area contributed by atoms with Gasteiger partial charge < -0.3 is 5.32 Å².